The summed E-state index contributed by atoms with van der Waals surface area (Å²) < 4.78 is 0. The molecule has 7 atom stereocenters. The largest absolute Gasteiger partial charge is 0.481 e. The van der Waals surface area contributed by atoms with Gasteiger partial charge in [-0.05, 0) is 80.1 Å². The molecular formula is C25H38O7. The summed E-state index contributed by atoms with van der Waals surface area (Å²) in [6.07, 6.45) is 8.26. The first-order chi connectivity index (χ1) is 14.7. The van der Waals surface area contributed by atoms with Crippen molar-refractivity contribution >= 4 is 23.5 Å². The fourth-order valence-electron chi connectivity index (χ4n) is 7.31. The monoisotopic (exact) mass is 450 g/mol. The average molecular weight is 451 g/mol. The van der Waals surface area contributed by atoms with Gasteiger partial charge in [-0.1, -0.05) is 19.4 Å². The molecule has 4 aliphatic carbocycles. The minimum Gasteiger partial charge on any atom is -0.481 e. The summed E-state index contributed by atoms with van der Waals surface area (Å²) in [5.41, 5.74) is 1.51. The summed E-state index contributed by atoms with van der Waals surface area (Å²) in [4.78, 5) is 42.1. The predicted molar refractivity (Wildman–Crippen MR) is 119 cm³/mol. The van der Waals surface area contributed by atoms with Gasteiger partial charge in [0, 0.05) is 26.2 Å². The molecule has 0 amide bonds. The highest BCUT2D eigenvalue weighted by Gasteiger charge is 2.62. The van der Waals surface area contributed by atoms with Crippen LogP contribution in [0, 0.1) is 34.5 Å². The molecule has 3 saturated carbocycles. The van der Waals surface area contributed by atoms with Crippen LogP contribution in [0.25, 0.3) is 0 Å². The van der Waals surface area contributed by atoms with Crippen LogP contribution in [-0.4, -0.2) is 44.9 Å². The molecule has 4 rings (SSSR count). The van der Waals surface area contributed by atoms with Crippen molar-refractivity contribution in [3.05, 3.63) is 11.6 Å². The molecule has 0 spiro atoms. The highest BCUT2D eigenvalue weighted by atomic mass is 16.4. The number of fused-ring (bicyclic) bond motifs is 5. The zero-order valence-electron chi connectivity index (χ0n) is 19.9. The van der Waals surface area contributed by atoms with Crippen molar-refractivity contribution in [1.29, 1.82) is 0 Å². The lowest BCUT2D eigenvalue weighted by molar-refractivity contribution is -0.135. The molecule has 4 aliphatic rings. The minimum atomic E-state index is -0.833. The van der Waals surface area contributed by atoms with Gasteiger partial charge in [0.25, 0.3) is 11.9 Å². The van der Waals surface area contributed by atoms with Crippen molar-refractivity contribution in [2.24, 2.45) is 34.5 Å². The fraction of sp³-hybridized carbons (Fsp3) is 0.760. The van der Waals surface area contributed by atoms with E-state index in [1.54, 1.807) is 6.92 Å². The third-order valence-electron chi connectivity index (χ3n) is 8.43. The summed E-state index contributed by atoms with van der Waals surface area (Å²) >= 11 is 0. The Morgan fingerprint density at radius 1 is 0.938 bits per heavy atom. The Balaban J connectivity index is 0.000000395. The molecule has 7 nitrogen and oxygen atoms in total. The van der Waals surface area contributed by atoms with Gasteiger partial charge in [-0.3, -0.25) is 19.2 Å². The molecule has 0 heterocycles. The van der Waals surface area contributed by atoms with Gasteiger partial charge in [0.05, 0.1) is 6.10 Å². The normalized spacial score (nSPS) is 39.5. The van der Waals surface area contributed by atoms with Crippen LogP contribution < -0.4 is 0 Å². The van der Waals surface area contributed by atoms with Gasteiger partial charge < -0.3 is 15.3 Å². The van der Waals surface area contributed by atoms with Crippen LogP contribution in [0.4, 0.5) is 0 Å². The molecule has 0 aliphatic heterocycles. The number of aliphatic hydroxyl groups is 1. The molecule has 0 saturated heterocycles. The Hall–Kier alpha value is -2.02. The molecule has 0 radical (unpaired) electrons. The summed E-state index contributed by atoms with van der Waals surface area (Å²) in [7, 11) is 0. The van der Waals surface area contributed by atoms with E-state index in [0.29, 0.717) is 30.0 Å². The van der Waals surface area contributed by atoms with Crippen LogP contribution in [0.2, 0.25) is 0 Å². The van der Waals surface area contributed by atoms with Crippen LogP contribution in [-0.2, 0) is 19.2 Å². The lowest BCUT2D eigenvalue weighted by Crippen LogP contribution is -2.51. The van der Waals surface area contributed by atoms with E-state index in [2.05, 4.69) is 13.8 Å². The van der Waals surface area contributed by atoms with Crippen molar-refractivity contribution in [1.82, 2.24) is 0 Å². The summed E-state index contributed by atoms with van der Waals surface area (Å²) in [6, 6.07) is 0. The van der Waals surface area contributed by atoms with E-state index in [1.807, 2.05) is 6.08 Å². The van der Waals surface area contributed by atoms with E-state index in [9.17, 15) is 14.7 Å². The molecule has 180 valence electrons. The zero-order chi connectivity index (χ0) is 24.4. The molecular weight excluding hydrogens is 412 g/mol. The molecule has 7 heteroatoms. The number of allylic oxidation sites excluding steroid dienone is 1. The number of carbonyl (C=O) groups is 4. The summed E-state index contributed by atoms with van der Waals surface area (Å²) in [5, 5.41) is 25.4. The van der Waals surface area contributed by atoms with Gasteiger partial charge in [0.2, 0.25) is 0 Å². The maximum absolute atomic E-state index is 12.2. The van der Waals surface area contributed by atoms with Crippen molar-refractivity contribution in [3.63, 3.8) is 0 Å². The standard InChI is InChI=1S/C21H30O3.2C2H4O2/c1-12(22)19-18(24)11-17-15-5-4-13-10-14(23)6-8-20(13,2)16(15)7-9-21(17,19)3;2*1-2(3)4/h10,15-19,24H,4-9,11H2,1-3H3;2*1H3,(H,3,4)/t15-,16+,17+,18?,19+,20+,21+;;/m1../s1. The topological polar surface area (TPSA) is 129 Å². The SMILES string of the molecule is CC(=O)O.CC(=O)O.CC(=O)[C@H]1C(O)C[C@H]2[C@@H]3CCC4=CC(=O)CC[C@]4(C)[C@H]3CC[C@]12C. The Morgan fingerprint density at radius 2 is 1.50 bits per heavy atom. The third-order valence-corrected chi connectivity index (χ3v) is 8.43. The van der Waals surface area contributed by atoms with E-state index in [1.165, 1.54) is 5.57 Å². The van der Waals surface area contributed by atoms with Gasteiger partial charge in [-0.15, -0.1) is 0 Å². The van der Waals surface area contributed by atoms with Gasteiger partial charge in [-0.2, -0.15) is 0 Å². The number of ketones is 2. The van der Waals surface area contributed by atoms with E-state index in [4.69, 9.17) is 19.8 Å². The molecule has 0 bridgehead atoms. The number of hydrogen-bond acceptors (Lipinski definition) is 5. The van der Waals surface area contributed by atoms with Gasteiger partial charge in [-0.25, -0.2) is 0 Å². The van der Waals surface area contributed by atoms with E-state index in [-0.39, 0.29) is 22.5 Å². The second-order valence-electron chi connectivity index (χ2n) is 10.4. The second kappa shape index (κ2) is 9.86. The van der Waals surface area contributed by atoms with Crippen LogP contribution in [0.5, 0.6) is 0 Å². The number of carboxylic acids is 2. The van der Waals surface area contributed by atoms with Crippen molar-refractivity contribution in [3.8, 4) is 0 Å². The first-order valence-electron chi connectivity index (χ1n) is 11.6. The number of carboxylic acid groups (broad SMARTS) is 2. The van der Waals surface area contributed by atoms with E-state index >= 15 is 0 Å². The highest BCUT2D eigenvalue weighted by molar-refractivity contribution is 5.91. The van der Waals surface area contributed by atoms with Gasteiger partial charge in [0.1, 0.15) is 5.78 Å². The molecule has 0 aromatic rings. The number of hydrogen-bond donors (Lipinski definition) is 3. The lowest BCUT2D eigenvalue weighted by Gasteiger charge is -2.57. The Labute approximate surface area is 190 Å². The minimum absolute atomic E-state index is 0.0333. The van der Waals surface area contributed by atoms with Gasteiger partial charge >= 0.3 is 0 Å². The average Bonchev–Trinajstić information content (AvgIpc) is 2.91. The number of aliphatic carboxylic acids is 2. The van der Waals surface area contributed by atoms with Crippen molar-refractivity contribution < 1.29 is 34.5 Å². The molecule has 3 N–H and O–H groups in total. The van der Waals surface area contributed by atoms with Crippen molar-refractivity contribution in [2.75, 3.05) is 0 Å². The van der Waals surface area contributed by atoms with Crippen molar-refractivity contribution in [2.45, 2.75) is 85.7 Å². The molecule has 0 aromatic carbocycles. The fourth-order valence-corrected chi connectivity index (χ4v) is 7.31. The highest BCUT2D eigenvalue weighted by Crippen LogP contribution is 2.66. The molecule has 3 fully saturated rings. The second-order valence-corrected chi connectivity index (χ2v) is 10.4. The Kier molecular flexibility index (Phi) is 8.08. The van der Waals surface area contributed by atoms with Crippen LogP contribution in [0.3, 0.4) is 0 Å². The number of carbonyl (C=O) groups excluding carboxylic acids is 2. The Bertz CT molecular complexity index is 780. The third kappa shape index (κ3) is 5.13. The lowest BCUT2D eigenvalue weighted by atomic mass is 9.46. The van der Waals surface area contributed by atoms with Crippen LogP contribution in [0.1, 0.15) is 79.6 Å². The maximum atomic E-state index is 12.2. The maximum Gasteiger partial charge on any atom is 0.300 e. The zero-order valence-corrected chi connectivity index (χ0v) is 19.9. The molecule has 0 aromatic heterocycles. The Morgan fingerprint density at radius 3 is 2.03 bits per heavy atom. The molecule has 1 unspecified atom stereocenters. The first-order valence-corrected chi connectivity index (χ1v) is 11.6. The number of Topliss-reactive ketones (excluding diaryl/α,β-unsaturated/α-hetero) is 1. The number of aliphatic hydroxyl groups excluding tert-OH is 1. The van der Waals surface area contributed by atoms with Crippen LogP contribution in [0.15, 0.2) is 11.6 Å². The predicted octanol–water partition coefficient (Wildman–Crippen LogP) is 3.88. The smallest absolute Gasteiger partial charge is 0.300 e. The van der Waals surface area contributed by atoms with Crippen LogP contribution >= 0.6 is 0 Å². The van der Waals surface area contributed by atoms with E-state index in [0.717, 1.165) is 52.4 Å². The summed E-state index contributed by atoms with van der Waals surface area (Å²) in [6.45, 7) is 8.45. The van der Waals surface area contributed by atoms with Gasteiger partial charge in [0.15, 0.2) is 5.78 Å². The summed E-state index contributed by atoms with van der Waals surface area (Å²) in [5.74, 6) is 0.281. The first kappa shape index (κ1) is 26.2. The van der Waals surface area contributed by atoms with E-state index < -0.39 is 18.0 Å². The molecule has 32 heavy (non-hydrogen) atoms. The number of rotatable bonds is 1. The quantitative estimate of drug-likeness (QED) is 0.553.